The van der Waals surface area contributed by atoms with E-state index in [1.165, 1.54) is 5.56 Å². The van der Waals surface area contributed by atoms with Gasteiger partial charge in [-0.25, -0.2) is 4.98 Å². The Hall–Kier alpha value is -1.30. The molecule has 20 heavy (non-hydrogen) atoms. The second-order valence-corrected chi connectivity index (χ2v) is 6.21. The quantitative estimate of drug-likeness (QED) is 0.947. The van der Waals surface area contributed by atoms with Gasteiger partial charge in [0.1, 0.15) is 5.82 Å². The number of nitrogens with two attached hydrogens (primary N) is 1. The van der Waals surface area contributed by atoms with Crippen molar-refractivity contribution in [3.63, 3.8) is 0 Å². The first-order valence-corrected chi connectivity index (χ1v) is 7.74. The van der Waals surface area contributed by atoms with Gasteiger partial charge >= 0.3 is 0 Å². The van der Waals surface area contributed by atoms with Crippen LogP contribution in [0, 0.1) is 0 Å². The smallest absolute Gasteiger partial charge is 0.187 e. The molecule has 1 aliphatic heterocycles. The average Bonchev–Trinajstić information content (AvgIpc) is 2.84. The summed E-state index contributed by atoms with van der Waals surface area (Å²) in [5, 5.41) is 1.75. The highest BCUT2D eigenvalue weighted by molar-refractivity contribution is 7.16. The maximum absolute atomic E-state index is 6.04. The Balaban J connectivity index is 1.76. The monoisotopic (exact) mass is 309 g/mol. The van der Waals surface area contributed by atoms with Gasteiger partial charge in [0, 0.05) is 24.5 Å². The van der Waals surface area contributed by atoms with E-state index in [0.29, 0.717) is 5.82 Å². The van der Waals surface area contributed by atoms with E-state index < -0.39 is 0 Å². The molecule has 0 atom stereocenters. The largest absolute Gasteiger partial charge is 0.383 e. The standard InChI is InChI=1S/C14H16ClN3OS/c15-11-3-1-10(2-4-11)9-12-13(16)17-14(20-12)18-5-7-19-8-6-18/h1-4H,5-9,16H2. The fraction of sp³-hybridized carbons (Fsp3) is 0.357. The van der Waals surface area contributed by atoms with Crippen molar-refractivity contribution in [2.75, 3.05) is 36.9 Å². The number of thiazole rings is 1. The highest BCUT2D eigenvalue weighted by Crippen LogP contribution is 2.30. The predicted octanol–water partition coefficient (Wildman–Crippen LogP) is 2.81. The van der Waals surface area contributed by atoms with E-state index in [2.05, 4.69) is 9.88 Å². The Morgan fingerprint density at radius 2 is 1.95 bits per heavy atom. The maximum Gasteiger partial charge on any atom is 0.187 e. The number of nitrogens with zero attached hydrogens (tertiary/aromatic N) is 2. The van der Waals surface area contributed by atoms with Crippen LogP contribution in [0.2, 0.25) is 5.02 Å². The van der Waals surface area contributed by atoms with E-state index in [9.17, 15) is 0 Å². The summed E-state index contributed by atoms with van der Waals surface area (Å²) in [5.74, 6) is 0.631. The molecule has 0 amide bonds. The molecule has 1 aliphatic rings. The van der Waals surface area contributed by atoms with Gasteiger partial charge in [0.25, 0.3) is 0 Å². The molecular formula is C14H16ClN3OS. The van der Waals surface area contributed by atoms with E-state index in [4.69, 9.17) is 22.1 Å². The van der Waals surface area contributed by atoms with Crippen LogP contribution in [0.3, 0.4) is 0 Å². The van der Waals surface area contributed by atoms with Crippen molar-refractivity contribution in [3.05, 3.63) is 39.7 Å². The second-order valence-electron chi connectivity index (χ2n) is 4.71. The SMILES string of the molecule is Nc1nc(N2CCOCC2)sc1Cc1ccc(Cl)cc1. The van der Waals surface area contributed by atoms with Crippen molar-refractivity contribution in [3.8, 4) is 0 Å². The zero-order valence-electron chi connectivity index (χ0n) is 11.0. The van der Waals surface area contributed by atoms with Crippen LogP contribution < -0.4 is 10.6 Å². The molecule has 106 valence electrons. The second kappa shape index (κ2) is 5.99. The van der Waals surface area contributed by atoms with Crippen LogP contribution >= 0.6 is 22.9 Å². The van der Waals surface area contributed by atoms with Crippen molar-refractivity contribution in [2.24, 2.45) is 0 Å². The van der Waals surface area contributed by atoms with Gasteiger partial charge in [0.2, 0.25) is 0 Å². The lowest BCUT2D eigenvalue weighted by molar-refractivity contribution is 0.122. The van der Waals surface area contributed by atoms with Crippen molar-refractivity contribution < 1.29 is 4.74 Å². The minimum Gasteiger partial charge on any atom is -0.383 e. The number of hydrogen-bond donors (Lipinski definition) is 1. The molecule has 1 aromatic heterocycles. The van der Waals surface area contributed by atoms with Crippen molar-refractivity contribution in [1.29, 1.82) is 0 Å². The first kappa shape index (κ1) is 13.7. The van der Waals surface area contributed by atoms with Crippen LogP contribution in [-0.2, 0) is 11.2 Å². The number of aromatic nitrogens is 1. The van der Waals surface area contributed by atoms with E-state index in [1.54, 1.807) is 11.3 Å². The van der Waals surface area contributed by atoms with Crippen molar-refractivity contribution in [1.82, 2.24) is 4.98 Å². The third-order valence-electron chi connectivity index (χ3n) is 3.28. The lowest BCUT2D eigenvalue weighted by Crippen LogP contribution is -2.36. The van der Waals surface area contributed by atoms with Crippen molar-refractivity contribution >= 4 is 33.9 Å². The molecule has 0 saturated carbocycles. The molecule has 0 aliphatic carbocycles. The zero-order chi connectivity index (χ0) is 13.9. The zero-order valence-corrected chi connectivity index (χ0v) is 12.6. The molecule has 1 aromatic carbocycles. The summed E-state index contributed by atoms with van der Waals surface area (Å²) in [7, 11) is 0. The molecular weight excluding hydrogens is 294 g/mol. The summed E-state index contributed by atoms with van der Waals surface area (Å²) in [5.41, 5.74) is 7.23. The van der Waals surface area contributed by atoms with Gasteiger partial charge in [0.15, 0.2) is 5.13 Å². The Kier molecular flexibility index (Phi) is 4.10. The molecule has 3 rings (SSSR count). The normalized spacial score (nSPS) is 15.6. The summed E-state index contributed by atoms with van der Waals surface area (Å²) >= 11 is 7.56. The van der Waals surface area contributed by atoms with Crippen LogP contribution in [0.15, 0.2) is 24.3 Å². The third kappa shape index (κ3) is 3.06. The molecule has 1 saturated heterocycles. The minimum absolute atomic E-state index is 0.631. The summed E-state index contributed by atoms with van der Waals surface area (Å²) in [6.45, 7) is 3.28. The van der Waals surface area contributed by atoms with Crippen molar-refractivity contribution in [2.45, 2.75) is 6.42 Å². The van der Waals surface area contributed by atoms with E-state index in [0.717, 1.165) is 47.8 Å². The highest BCUT2D eigenvalue weighted by Gasteiger charge is 2.17. The summed E-state index contributed by atoms with van der Waals surface area (Å²) in [6.07, 6.45) is 0.797. The van der Waals surface area contributed by atoms with Crippen LogP contribution in [0.5, 0.6) is 0 Å². The topological polar surface area (TPSA) is 51.4 Å². The molecule has 1 fully saturated rings. The number of rotatable bonds is 3. The third-order valence-corrected chi connectivity index (χ3v) is 4.66. The van der Waals surface area contributed by atoms with Gasteiger partial charge in [-0.2, -0.15) is 0 Å². The number of morpholine rings is 1. The van der Waals surface area contributed by atoms with Crippen LogP contribution in [-0.4, -0.2) is 31.3 Å². The molecule has 2 N–H and O–H groups in total. The molecule has 0 spiro atoms. The predicted molar refractivity (Wildman–Crippen MR) is 83.8 cm³/mol. The molecule has 4 nitrogen and oxygen atoms in total. The Morgan fingerprint density at radius 1 is 1.25 bits per heavy atom. The highest BCUT2D eigenvalue weighted by atomic mass is 35.5. The lowest BCUT2D eigenvalue weighted by Gasteiger charge is -2.25. The minimum atomic E-state index is 0.631. The molecule has 2 heterocycles. The Bertz CT molecular complexity index is 579. The van der Waals surface area contributed by atoms with Gasteiger partial charge in [0.05, 0.1) is 18.1 Å². The molecule has 6 heteroatoms. The fourth-order valence-corrected chi connectivity index (χ4v) is 3.35. The summed E-state index contributed by atoms with van der Waals surface area (Å²) in [4.78, 5) is 7.83. The molecule has 0 bridgehead atoms. The van der Waals surface area contributed by atoms with E-state index >= 15 is 0 Å². The van der Waals surface area contributed by atoms with Gasteiger partial charge in [-0.15, -0.1) is 0 Å². The number of ether oxygens (including phenoxy) is 1. The molecule has 2 aromatic rings. The van der Waals surface area contributed by atoms with Crippen LogP contribution in [0.25, 0.3) is 0 Å². The van der Waals surface area contributed by atoms with Crippen LogP contribution in [0.4, 0.5) is 10.9 Å². The van der Waals surface area contributed by atoms with Crippen LogP contribution in [0.1, 0.15) is 10.4 Å². The van der Waals surface area contributed by atoms with Gasteiger partial charge in [-0.1, -0.05) is 35.1 Å². The van der Waals surface area contributed by atoms with E-state index in [1.807, 2.05) is 24.3 Å². The first-order chi connectivity index (χ1) is 9.72. The Labute approximate surface area is 127 Å². The van der Waals surface area contributed by atoms with Gasteiger partial charge in [-0.05, 0) is 17.7 Å². The number of anilines is 2. The summed E-state index contributed by atoms with van der Waals surface area (Å²) in [6, 6.07) is 7.85. The number of benzene rings is 1. The molecule has 0 radical (unpaired) electrons. The number of halogens is 1. The van der Waals surface area contributed by atoms with Gasteiger partial charge in [-0.3, -0.25) is 0 Å². The fourth-order valence-electron chi connectivity index (χ4n) is 2.15. The maximum atomic E-state index is 6.04. The number of hydrogen-bond acceptors (Lipinski definition) is 5. The van der Waals surface area contributed by atoms with E-state index in [-0.39, 0.29) is 0 Å². The number of nitrogen functional groups attached to an aromatic ring is 1. The average molecular weight is 310 g/mol. The van der Waals surface area contributed by atoms with Gasteiger partial charge < -0.3 is 15.4 Å². The Morgan fingerprint density at radius 3 is 2.65 bits per heavy atom. The summed E-state index contributed by atoms with van der Waals surface area (Å²) < 4.78 is 5.36. The molecule has 0 unspecified atom stereocenters. The first-order valence-electron chi connectivity index (χ1n) is 6.55. The lowest BCUT2D eigenvalue weighted by atomic mass is 10.1.